The van der Waals surface area contributed by atoms with Gasteiger partial charge in [-0.1, -0.05) is 19.0 Å². The number of hydrogen-bond acceptors (Lipinski definition) is 2. The van der Waals surface area contributed by atoms with E-state index in [0.29, 0.717) is 0 Å². The Morgan fingerprint density at radius 2 is 2.22 bits per heavy atom. The van der Waals surface area contributed by atoms with Gasteiger partial charge >= 0.3 is 0 Å². The lowest BCUT2D eigenvalue weighted by Gasteiger charge is -2.00. The normalized spacial score (nSPS) is 20.1. The van der Waals surface area contributed by atoms with E-state index in [1.54, 1.807) is 0 Å². The molecule has 0 saturated carbocycles. The summed E-state index contributed by atoms with van der Waals surface area (Å²) in [5, 5.41) is 3.46. The van der Waals surface area contributed by atoms with Gasteiger partial charge in [0.05, 0.1) is 0 Å². The molecule has 2 nitrogen and oxygen atoms in total. The second-order valence-electron chi connectivity index (χ2n) is 1.27. The maximum absolute atomic E-state index is 4.67. The summed E-state index contributed by atoms with van der Waals surface area (Å²) in [5.41, 5.74) is 0. The maximum atomic E-state index is 4.67. The molecule has 0 aliphatic carbocycles. The first-order valence-corrected chi connectivity index (χ1v) is 3.08. The predicted molar refractivity (Wildman–Crippen MR) is 38.2 cm³/mol. The first-order valence-electron chi connectivity index (χ1n) is 3.08. The van der Waals surface area contributed by atoms with Gasteiger partial charge in [0.15, 0.2) is 6.10 Å². The van der Waals surface area contributed by atoms with Crippen molar-refractivity contribution >= 4 is 6.21 Å². The van der Waals surface area contributed by atoms with Crippen LogP contribution in [0, 0.1) is 11.8 Å². The average molecular weight is 125 g/mol. The van der Waals surface area contributed by atoms with Crippen LogP contribution in [0.15, 0.2) is 5.16 Å². The third-order valence-corrected chi connectivity index (χ3v) is 0.623. The topological polar surface area (TPSA) is 21.6 Å². The third kappa shape index (κ3) is 3.60. The standard InChI is InChI=1S/C5H5NO.C2H6/c1-5-3-2-4-6-7-5;1-2/h4-5H,1H3;1-2H3. The van der Waals surface area contributed by atoms with E-state index in [1.807, 2.05) is 20.8 Å². The van der Waals surface area contributed by atoms with E-state index in [0.717, 1.165) is 0 Å². The number of hydrogen-bond donors (Lipinski definition) is 0. The van der Waals surface area contributed by atoms with E-state index in [1.165, 1.54) is 6.21 Å². The molecule has 0 saturated heterocycles. The van der Waals surface area contributed by atoms with Crippen molar-refractivity contribution in [3.63, 3.8) is 0 Å². The van der Waals surface area contributed by atoms with Crippen LogP contribution < -0.4 is 0 Å². The van der Waals surface area contributed by atoms with E-state index in [9.17, 15) is 0 Å². The van der Waals surface area contributed by atoms with Crippen molar-refractivity contribution in [2.75, 3.05) is 0 Å². The van der Waals surface area contributed by atoms with Crippen molar-refractivity contribution in [2.24, 2.45) is 5.16 Å². The number of nitrogens with zero attached hydrogens (tertiary/aromatic N) is 1. The van der Waals surface area contributed by atoms with Crippen LogP contribution in [0.2, 0.25) is 0 Å². The molecule has 1 aliphatic rings. The molecule has 1 heterocycles. The summed E-state index contributed by atoms with van der Waals surface area (Å²) in [6.07, 6.45) is 1.42. The Morgan fingerprint density at radius 3 is 2.44 bits per heavy atom. The summed E-state index contributed by atoms with van der Waals surface area (Å²) in [5.74, 6) is 5.43. The van der Waals surface area contributed by atoms with Crippen molar-refractivity contribution in [3.05, 3.63) is 0 Å². The molecule has 0 aromatic heterocycles. The van der Waals surface area contributed by atoms with Crippen LogP contribution in [0.3, 0.4) is 0 Å². The zero-order valence-corrected chi connectivity index (χ0v) is 6.01. The molecule has 0 amide bonds. The maximum Gasteiger partial charge on any atom is 0.185 e. The Balaban J connectivity index is 0.000000291. The van der Waals surface area contributed by atoms with Crippen LogP contribution in [-0.4, -0.2) is 12.3 Å². The second kappa shape index (κ2) is 5.17. The number of rotatable bonds is 0. The minimum atomic E-state index is -0.0231. The molecule has 1 atom stereocenters. The lowest BCUT2D eigenvalue weighted by molar-refractivity contribution is 0.112. The fourth-order valence-corrected chi connectivity index (χ4v) is 0.329. The van der Waals surface area contributed by atoms with Gasteiger partial charge in [0.1, 0.15) is 6.21 Å². The Labute approximate surface area is 55.9 Å². The smallest absolute Gasteiger partial charge is 0.185 e. The largest absolute Gasteiger partial charge is 0.379 e. The minimum absolute atomic E-state index is 0.0231. The third-order valence-electron chi connectivity index (χ3n) is 0.623. The summed E-state index contributed by atoms with van der Waals surface area (Å²) in [7, 11) is 0. The van der Waals surface area contributed by atoms with Gasteiger partial charge in [-0.2, -0.15) is 0 Å². The lowest BCUT2D eigenvalue weighted by atomic mass is 10.4. The molecule has 0 radical (unpaired) electrons. The summed E-state index contributed by atoms with van der Waals surface area (Å²) in [6.45, 7) is 5.85. The van der Waals surface area contributed by atoms with Gasteiger partial charge in [0, 0.05) is 0 Å². The summed E-state index contributed by atoms with van der Waals surface area (Å²) >= 11 is 0. The van der Waals surface area contributed by atoms with E-state index >= 15 is 0 Å². The molecular weight excluding hydrogens is 114 g/mol. The Morgan fingerprint density at radius 1 is 1.56 bits per heavy atom. The van der Waals surface area contributed by atoms with Crippen LogP contribution in [0.5, 0.6) is 0 Å². The highest BCUT2D eigenvalue weighted by Crippen LogP contribution is 1.89. The van der Waals surface area contributed by atoms with Gasteiger partial charge in [-0.15, -0.1) is 0 Å². The fraction of sp³-hybridized carbons (Fsp3) is 0.571. The van der Waals surface area contributed by atoms with Crippen molar-refractivity contribution in [3.8, 4) is 11.8 Å². The van der Waals surface area contributed by atoms with E-state index in [2.05, 4.69) is 21.8 Å². The Bertz CT molecular complexity index is 141. The molecule has 0 spiro atoms. The van der Waals surface area contributed by atoms with E-state index < -0.39 is 0 Å². The molecule has 0 bridgehead atoms. The molecule has 9 heavy (non-hydrogen) atoms. The molecule has 1 rings (SSSR count). The molecule has 0 N–H and O–H groups in total. The van der Waals surface area contributed by atoms with Gasteiger partial charge in [0.25, 0.3) is 0 Å². The quantitative estimate of drug-likeness (QED) is 0.449. The summed E-state index contributed by atoms with van der Waals surface area (Å²) < 4.78 is 0. The van der Waals surface area contributed by atoms with E-state index in [-0.39, 0.29) is 6.10 Å². The molecule has 0 fully saturated rings. The Kier molecular flexibility index (Phi) is 4.61. The molecule has 1 unspecified atom stereocenters. The average Bonchev–Trinajstić information content (AvgIpc) is 1.94. The minimum Gasteiger partial charge on any atom is -0.379 e. The summed E-state index contributed by atoms with van der Waals surface area (Å²) in [6, 6.07) is 0. The molecule has 0 aromatic rings. The molecule has 2 heteroatoms. The first-order chi connectivity index (χ1) is 4.39. The zero-order valence-electron chi connectivity index (χ0n) is 6.01. The van der Waals surface area contributed by atoms with Crippen molar-refractivity contribution in [1.29, 1.82) is 0 Å². The van der Waals surface area contributed by atoms with Crippen molar-refractivity contribution < 1.29 is 4.84 Å². The van der Waals surface area contributed by atoms with Gasteiger partial charge in [0.2, 0.25) is 0 Å². The fourth-order valence-electron chi connectivity index (χ4n) is 0.329. The van der Waals surface area contributed by atoms with Gasteiger partial charge < -0.3 is 4.84 Å². The highest BCUT2D eigenvalue weighted by atomic mass is 16.6. The molecule has 1 aliphatic heterocycles. The Hall–Kier alpha value is -0.970. The van der Waals surface area contributed by atoms with Crippen LogP contribution >= 0.6 is 0 Å². The highest BCUT2D eigenvalue weighted by molar-refractivity contribution is 5.78. The SMILES string of the molecule is CC.CC1C#CC=NO1. The lowest BCUT2D eigenvalue weighted by Crippen LogP contribution is -2.02. The van der Waals surface area contributed by atoms with Crippen molar-refractivity contribution in [1.82, 2.24) is 0 Å². The molecular formula is C7H11NO. The monoisotopic (exact) mass is 125 g/mol. The van der Waals surface area contributed by atoms with Gasteiger partial charge in [-0.3, -0.25) is 0 Å². The zero-order chi connectivity index (χ0) is 7.11. The first kappa shape index (κ1) is 8.03. The van der Waals surface area contributed by atoms with Crippen LogP contribution in [0.4, 0.5) is 0 Å². The van der Waals surface area contributed by atoms with Crippen molar-refractivity contribution in [2.45, 2.75) is 26.9 Å². The van der Waals surface area contributed by atoms with E-state index in [4.69, 9.17) is 0 Å². The van der Waals surface area contributed by atoms with Crippen LogP contribution in [0.25, 0.3) is 0 Å². The molecule has 50 valence electrons. The number of oxime groups is 1. The molecule has 0 aromatic carbocycles. The highest BCUT2D eigenvalue weighted by Gasteiger charge is 1.94. The second-order valence-corrected chi connectivity index (χ2v) is 1.27. The van der Waals surface area contributed by atoms with Crippen LogP contribution in [-0.2, 0) is 4.84 Å². The van der Waals surface area contributed by atoms with Gasteiger partial charge in [-0.25, -0.2) is 0 Å². The van der Waals surface area contributed by atoms with Gasteiger partial charge in [-0.05, 0) is 18.8 Å². The predicted octanol–water partition coefficient (Wildman–Crippen LogP) is 1.42. The van der Waals surface area contributed by atoms with Crippen LogP contribution in [0.1, 0.15) is 20.8 Å². The summed E-state index contributed by atoms with van der Waals surface area (Å²) in [4.78, 5) is 4.67.